The average Bonchev–Trinajstić information content (AvgIpc) is 2.45. The molecule has 0 radical (unpaired) electrons. The van der Waals surface area contributed by atoms with Gasteiger partial charge in [0.15, 0.2) is 0 Å². The van der Waals surface area contributed by atoms with Gasteiger partial charge in [0.1, 0.15) is 5.82 Å². The molecule has 2 aromatic rings. The Kier molecular flexibility index (Phi) is 4.14. The summed E-state index contributed by atoms with van der Waals surface area (Å²) in [5, 5.41) is 3.20. The maximum atomic E-state index is 11.3. The van der Waals surface area contributed by atoms with Crippen LogP contribution in [0.1, 0.15) is 15.9 Å². The molecule has 6 nitrogen and oxygen atoms in total. The number of carbonyl (C=O) groups excluding carboxylic acids is 1. The van der Waals surface area contributed by atoms with Gasteiger partial charge in [-0.05, 0) is 12.1 Å². The lowest BCUT2D eigenvalue weighted by Gasteiger charge is -2.17. The molecule has 0 aliphatic carbocycles. The number of pyridine rings is 2. The van der Waals surface area contributed by atoms with Crippen LogP contribution in [0.25, 0.3) is 0 Å². The third-order valence-electron chi connectivity index (χ3n) is 2.85. The Labute approximate surface area is 117 Å². The Bertz CT molecular complexity index is 612. The van der Waals surface area contributed by atoms with Gasteiger partial charge >= 0.3 is 0 Å². The summed E-state index contributed by atoms with van der Waals surface area (Å²) in [6, 6.07) is 5.60. The second-order valence-corrected chi connectivity index (χ2v) is 4.52. The van der Waals surface area contributed by atoms with Crippen molar-refractivity contribution in [3.8, 4) is 0 Å². The van der Waals surface area contributed by atoms with Gasteiger partial charge < -0.3 is 16.0 Å². The molecule has 0 aliphatic rings. The van der Waals surface area contributed by atoms with Gasteiger partial charge in [0.05, 0.1) is 11.3 Å². The number of anilines is 2. The van der Waals surface area contributed by atoms with Gasteiger partial charge in [-0.15, -0.1) is 0 Å². The fourth-order valence-corrected chi connectivity index (χ4v) is 1.91. The molecular weight excluding hydrogens is 254 g/mol. The van der Waals surface area contributed by atoms with Crippen LogP contribution in [0.3, 0.4) is 0 Å². The molecule has 0 aromatic carbocycles. The van der Waals surface area contributed by atoms with Crippen molar-refractivity contribution in [1.29, 1.82) is 0 Å². The molecule has 3 N–H and O–H groups in total. The van der Waals surface area contributed by atoms with Gasteiger partial charge in [-0.25, -0.2) is 4.98 Å². The predicted octanol–water partition coefficient (Wildman–Crippen LogP) is 1.25. The second-order valence-electron chi connectivity index (χ2n) is 4.52. The molecule has 0 spiro atoms. The molecule has 0 fully saturated rings. The van der Waals surface area contributed by atoms with Crippen molar-refractivity contribution in [2.75, 3.05) is 24.3 Å². The molecule has 1 amide bonds. The van der Waals surface area contributed by atoms with Crippen LogP contribution in [-0.4, -0.2) is 30.0 Å². The number of hydrogen-bond acceptors (Lipinski definition) is 5. The first-order valence-corrected chi connectivity index (χ1v) is 6.18. The lowest BCUT2D eigenvalue weighted by molar-refractivity contribution is 0.100. The molecule has 104 valence electrons. The van der Waals surface area contributed by atoms with Crippen LogP contribution in [0.2, 0.25) is 0 Å². The van der Waals surface area contributed by atoms with E-state index in [-0.39, 0.29) is 0 Å². The predicted molar refractivity (Wildman–Crippen MR) is 78.6 cm³/mol. The molecule has 0 saturated carbocycles. The third-order valence-corrected chi connectivity index (χ3v) is 2.85. The number of rotatable bonds is 5. The summed E-state index contributed by atoms with van der Waals surface area (Å²) in [6.45, 7) is 0.547. The summed E-state index contributed by atoms with van der Waals surface area (Å²) < 4.78 is 0. The zero-order valence-electron chi connectivity index (χ0n) is 11.5. The molecule has 0 bridgehead atoms. The minimum absolute atomic E-state index is 0.378. The standard InChI is InChI=1S/C14H17N5O/c1-19(2)14-10(4-3-6-17-14)8-18-12-5-7-16-9-11(12)13(15)20/h3-7,9H,8H2,1-2H3,(H2,15,20)(H,16,18). The Hall–Kier alpha value is -2.63. The number of aromatic nitrogens is 2. The fourth-order valence-electron chi connectivity index (χ4n) is 1.91. The van der Waals surface area contributed by atoms with Gasteiger partial charge in [-0.3, -0.25) is 9.78 Å². The number of carbonyl (C=O) groups is 1. The normalized spacial score (nSPS) is 10.1. The van der Waals surface area contributed by atoms with Crippen molar-refractivity contribution in [2.24, 2.45) is 5.73 Å². The lowest BCUT2D eigenvalue weighted by Crippen LogP contribution is -2.17. The van der Waals surface area contributed by atoms with E-state index in [2.05, 4.69) is 15.3 Å². The maximum absolute atomic E-state index is 11.3. The van der Waals surface area contributed by atoms with Gasteiger partial charge in [0.2, 0.25) is 0 Å². The summed E-state index contributed by atoms with van der Waals surface area (Å²) in [5.41, 5.74) is 7.40. The van der Waals surface area contributed by atoms with Crippen LogP contribution in [0.4, 0.5) is 11.5 Å². The molecule has 2 aromatic heterocycles. The second kappa shape index (κ2) is 6.01. The molecule has 0 atom stereocenters. The largest absolute Gasteiger partial charge is 0.380 e. The Balaban J connectivity index is 2.20. The van der Waals surface area contributed by atoms with Crippen LogP contribution < -0.4 is 16.0 Å². The summed E-state index contributed by atoms with van der Waals surface area (Å²) in [5.74, 6) is 0.384. The highest BCUT2D eigenvalue weighted by Gasteiger charge is 2.09. The minimum atomic E-state index is -0.500. The number of hydrogen-bond donors (Lipinski definition) is 2. The highest BCUT2D eigenvalue weighted by molar-refractivity contribution is 5.98. The van der Waals surface area contributed by atoms with Crippen LogP contribution in [0.15, 0.2) is 36.8 Å². The SMILES string of the molecule is CN(C)c1ncccc1CNc1ccncc1C(N)=O. The van der Waals surface area contributed by atoms with E-state index in [1.165, 1.54) is 6.20 Å². The fraction of sp³-hybridized carbons (Fsp3) is 0.214. The Morgan fingerprint density at radius 3 is 2.85 bits per heavy atom. The van der Waals surface area contributed by atoms with E-state index in [1.807, 2.05) is 31.1 Å². The quantitative estimate of drug-likeness (QED) is 0.855. The van der Waals surface area contributed by atoms with Gasteiger partial charge in [-0.1, -0.05) is 6.07 Å². The van der Waals surface area contributed by atoms with Crippen molar-refractivity contribution in [3.05, 3.63) is 47.9 Å². The van der Waals surface area contributed by atoms with Crippen LogP contribution >= 0.6 is 0 Å². The molecule has 2 heterocycles. The van der Waals surface area contributed by atoms with E-state index in [1.54, 1.807) is 18.5 Å². The van der Waals surface area contributed by atoms with E-state index in [9.17, 15) is 4.79 Å². The lowest BCUT2D eigenvalue weighted by atomic mass is 10.2. The van der Waals surface area contributed by atoms with Crippen LogP contribution in [-0.2, 0) is 6.54 Å². The van der Waals surface area contributed by atoms with E-state index in [4.69, 9.17) is 5.73 Å². The van der Waals surface area contributed by atoms with Gasteiger partial charge in [0, 0.05) is 44.8 Å². The topological polar surface area (TPSA) is 84.1 Å². The molecule has 0 unspecified atom stereocenters. The molecule has 2 rings (SSSR count). The van der Waals surface area contributed by atoms with Crippen LogP contribution in [0, 0.1) is 0 Å². The number of nitrogens with zero attached hydrogens (tertiary/aromatic N) is 3. The number of nitrogens with two attached hydrogens (primary N) is 1. The first kappa shape index (κ1) is 13.8. The maximum Gasteiger partial charge on any atom is 0.252 e. The molecule has 0 aliphatic heterocycles. The third kappa shape index (κ3) is 3.03. The van der Waals surface area contributed by atoms with Crippen molar-refractivity contribution in [2.45, 2.75) is 6.54 Å². The highest BCUT2D eigenvalue weighted by Crippen LogP contribution is 2.18. The number of amides is 1. The molecular formula is C14H17N5O. The van der Waals surface area contributed by atoms with Crippen molar-refractivity contribution >= 4 is 17.4 Å². The van der Waals surface area contributed by atoms with Gasteiger partial charge in [0.25, 0.3) is 5.91 Å². The first-order chi connectivity index (χ1) is 9.59. The van der Waals surface area contributed by atoms with E-state index in [0.29, 0.717) is 17.8 Å². The highest BCUT2D eigenvalue weighted by atomic mass is 16.1. The summed E-state index contributed by atoms with van der Waals surface area (Å²) in [6.07, 6.45) is 4.83. The number of nitrogens with one attached hydrogen (secondary N) is 1. The Morgan fingerprint density at radius 2 is 2.15 bits per heavy atom. The zero-order chi connectivity index (χ0) is 14.5. The van der Waals surface area contributed by atoms with E-state index in [0.717, 1.165) is 11.4 Å². The monoisotopic (exact) mass is 271 g/mol. The van der Waals surface area contributed by atoms with E-state index >= 15 is 0 Å². The Morgan fingerprint density at radius 1 is 1.35 bits per heavy atom. The molecule has 6 heteroatoms. The molecule has 0 saturated heterocycles. The van der Waals surface area contributed by atoms with Gasteiger partial charge in [-0.2, -0.15) is 0 Å². The summed E-state index contributed by atoms with van der Waals surface area (Å²) in [4.78, 5) is 21.5. The zero-order valence-corrected chi connectivity index (χ0v) is 11.5. The number of primary amides is 1. The van der Waals surface area contributed by atoms with Crippen LogP contribution in [0.5, 0.6) is 0 Å². The van der Waals surface area contributed by atoms with E-state index < -0.39 is 5.91 Å². The smallest absolute Gasteiger partial charge is 0.252 e. The van der Waals surface area contributed by atoms with Crippen molar-refractivity contribution < 1.29 is 4.79 Å². The van der Waals surface area contributed by atoms with Crippen molar-refractivity contribution in [1.82, 2.24) is 9.97 Å². The first-order valence-electron chi connectivity index (χ1n) is 6.18. The molecule has 20 heavy (non-hydrogen) atoms. The average molecular weight is 271 g/mol. The van der Waals surface area contributed by atoms with Crippen molar-refractivity contribution in [3.63, 3.8) is 0 Å². The minimum Gasteiger partial charge on any atom is -0.380 e. The summed E-state index contributed by atoms with van der Waals surface area (Å²) >= 11 is 0. The summed E-state index contributed by atoms with van der Waals surface area (Å²) in [7, 11) is 3.88.